The summed E-state index contributed by atoms with van der Waals surface area (Å²) >= 11 is 0. The van der Waals surface area contributed by atoms with Gasteiger partial charge < -0.3 is 14.8 Å². The summed E-state index contributed by atoms with van der Waals surface area (Å²) in [5.41, 5.74) is 2.87. The number of nitrogens with one attached hydrogen (secondary N) is 1. The Morgan fingerprint density at radius 3 is 2.55 bits per heavy atom. The number of anilines is 1. The van der Waals surface area contributed by atoms with Crippen molar-refractivity contribution in [3.63, 3.8) is 0 Å². The molecule has 0 fully saturated rings. The molecule has 20 heavy (non-hydrogen) atoms. The molecule has 1 heterocycles. The van der Waals surface area contributed by atoms with Gasteiger partial charge in [0.2, 0.25) is 0 Å². The Kier molecular flexibility index (Phi) is 4.40. The Labute approximate surface area is 119 Å². The maximum Gasteiger partial charge on any atom is 0.161 e. The molecule has 0 aliphatic heterocycles. The van der Waals surface area contributed by atoms with Crippen molar-refractivity contribution in [3.05, 3.63) is 41.3 Å². The van der Waals surface area contributed by atoms with E-state index >= 15 is 0 Å². The summed E-state index contributed by atoms with van der Waals surface area (Å²) in [5.74, 6) is 2.25. The van der Waals surface area contributed by atoms with Crippen LogP contribution in [0.5, 0.6) is 11.5 Å². The van der Waals surface area contributed by atoms with E-state index in [9.17, 15) is 0 Å². The van der Waals surface area contributed by atoms with Gasteiger partial charge in [0.05, 0.1) is 25.6 Å². The molecule has 1 aromatic heterocycles. The van der Waals surface area contributed by atoms with Crippen molar-refractivity contribution in [1.82, 2.24) is 9.97 Å². The van der Waals surface area contributed by atoms with E-state index in [0.29, 0.717) is 6.54 Å². The molecule has 0 bridgehead atoms. The third-order valence-corrected chi connectivity index (χ3v) is 2.98. The fourth-order valence-electron chi connectivity index (χ4n) is 1.88. The van der Waals surface area contributed by atoms with Crippen molar-refractivity contribution in [1.29, 1.82) is 0 Å². The van der Waals surface area contributed by atoms with Crippen LogP contribution < -0.4 is 14.8 Å². The van der Waals surface area contributed by atoms with Crippen LogP contribution in [-0.2, 0) is 6.54 Å². The summed E-state index contributed by atoms with van der Waals surface area (Å²) < 4.78 is 10.5. The molecular weight excluding hydrogens is 254 g/mol. The minimum Gasteiger partial charge on any atom is -0.493 e. The van der Waals surface area contributed by atoms with E-state index in [0.717, 1.165) is 34.3 Å². The molecule has 0 atom stereocenters. The fraction of sp³-hybridized carbons (Fsp3) is 0.333. The summed E-state index contributed by atoms with van der Waals surface area (Å²) in [5, 5.41) is 3.29. The molecule has 5 heteroatoms. The van der Waals surface area contributed by atoms with E-state index in [1.807, 2.05) is 32.0 Å². The number of methoxy groups -OCH3 is 2. The number of rotatable bonds is 5. The van der Waals surface area contributed by atoms with Crippen LogP contribution in [0.15, 0.2) is 24.4 Å². The van der Waals surface area contributed by atoms with Gasteiger partial charge in [-0.3, -0.25) is 4.98 Å². The van der Waals surface area contributed by atoms with Crippen LogP contribution >= 0.6 is 0 Å². The standard InChI is InChI=1S/C15H19N3O2/c1-10-8-16-11(2)15(18-10)17-9-12-5-6-13(19-3)14(7-12)20-4/h5-8H,9H2,1-4H3,(H,17,18). The van der Waals surface area contributed by atoms with Crippen LogP contribution in [0.2, 0.25) is 0 Å². The Morgan fingerprint density at radius 1 is 1.10 bits per heavy atom. The average molecular weight is 273 g/mol. The summed E-state index contributed by atoms with van der Waals surface area (Å²) in [6.07, 6.45) is 1.76. The van der Waals surface area contributed by atoms with E-state index in [1.165, 1.54) is 0 Å². The van der Waals surface area contributed by atoms with Gasteiger partial charge in [-0.1, -0.05) is 6.07 Å². The molecule has 0 amide bonds. The summed E-state index contributed by atoms with van der Waals surface area (Å²) in [6.45, 7) is 4.51. The molecule has 1 N–H and O–H groups in total. The van der Waals surface area contributed by atoms with Gasteiger partial charge in [0.15, 0.2) is 11.5 Å². The molecule has 106 valence electrons. The van der Waals surface area contributed by atoms with Crippen LogP contribution in [0, 0.1) is 13.8 Å². The first-order chi connectivity index (χ1) is 9.63. The van der Waals surface area contributed by atoms with Gasteiger partial charge in [0.1, 0.15) is 5.82 Å². The van der Waals surface area contributed by atoms with E-state index < -0.39 is 0 Å². The van der Waals surface area contributed by atoms with E-state index in [2.05, 4.69) is 15.3 Å². The molecule has 0 aliphatic carbocycles. The van der Waals surface area contributed by atoms with Gasteiger partial charge in [-0.05, 0) is 31.5 Å². The molecule has 0 unspecified atom stereocenters. The van der Waals surface area contributed by atoms with Crippen LogP contribution in [0.1, 0.15) is 17.0 Å². The first-order valence-corrected chi connectivity index (χ1v) is 6.39. The molecule has 1 aromatic carbocycles. The maximum atomic E-state index is 5.29. The van der Waals surface area contributed by atoms with Gasteiger partial charge in [0, 0.05) is 12.7 Å². The number of hydrogen-bond donors (Lipinski definition) is 1. The first kappa shape index (κ1) is 14.1. The molecule has 2 aromatic rings. The van der Waals surface area contributed by atoms with Crippen LogP contribution in [-0.4, -0.2) is 24.2 Å². The van der Waals surface area contributed by atoms with Gasteiger partial charge in [-0.25, -0.2) is 4.98 Å². The number of hydrogen-bond acceptors (Lipinski definition) is 5. The minimum atomic E-state index is 0.652. The summed E-state index contributed by atoms with van der Waals surface area (Å²) in [6, 6.07) is 5.84. The molecule has 0 saturated heterocycles. The zero-order valence-electron chi connectivity index (χ0n) is 12.2. The molecule has 0 radical (unpaired) electrons. The van der Waals surface area contributed by atoms with E-state index in [1.54, 1.807) is 20.4 Å². The summed E-state index contributed by atoms with van der Waals surface area (Å²) in [7, 11) is 3.26. The highest BCUT2D eigenvalue weighted by atomic mass is 16.5. The second-order valence-electron chi connectivity index (χ2n) is 4.49. The monoisotopic (exact) mass is 273 g/mol. The van der Waals surface area contributed by atoms with Crippen molar-refractivity contribution >= 4 is 5.82 Å². The van der Waals surface area contributed by atoms with Crippen molar-refractivity contribution in [2.75, 3.05) is 19.5 Å². The van der Waals surface area contributed by atoms with E-state index in [4.69, 9.17) is 9.47 Å². The molecule has 0 saturated carbocycles. The highest BCUT2D eigenvalue weighted by Crippen LogP contribution is 2.27. The summed E-state index contributed by atoms with van der Waals surface area (Å²) in [4.78, 5) is 8.72. The van der Waals surface area contributed by atoms with Crippen molar-refractivity contribution in [2.24, 2.45) is 0 Å². The van der Waals surface area contributed by atoms with Crippen molar-refractivity contribution in [3.8, 4) is 11.5 Å². The van der Waals surface area contributed by atoms with Crippen molar-refractivity contribution in [2.45, 2.75) is 20.4 Å². The number of ether oxygens (including phenoxy) is 2. The highest BCUT2D eigenvalue weighted by Gasteiger charge is 2.06. The Hall–Kier alpha value is -2.30. The fourth-order valence-corrected chi connectivity index (χ4v) is 1.88. The zero-order chi connectivity index (χ0) is 14.5. The maximum absolute atomic E-state index is 5.29. The van der Waals surface area contributed by atoms with Crippen LogP contribution in [0.4, 0.5) is 5.82 Å². The number of nitrogens with zero attached hydrogens (tertiary/aromatic N) is 2. The highest BCUT2D eigenvalue weighted by molar-refractivity contribution is 5.45. The van der Waals surface area contributed by atoms with Crippen LogP contribution in [0.3, 0.4) is 0 Å². The Balaban J connectivity index is 2.12. The van der Waals surface area contributed by atoms with E-state index in [-0.39, 0.29) is 0 Å². The number of aryl methyl sites for hydroxylation is 2. The second-order valence-corrected chi connectivity index (χ2v) is 4.49. The lowest BCUT2D eigenvalue weighted by molar-refractivity contribution is 0.354. The number of aromatic nitrogens is 2. The van der Waals surface area contributed by atoms with Crippen molar-refractivity contribution < 1.29 is 9.47 Å². The average Bonchev–Trinajstić information content (AvgIpc) is 2.47. The Morgan fingerprint density at radius 2 is 1.85 bits per heavy atom. The predicted molar refractivity (Wildman–Crippen MR) is 78.4 cm³/mol. The quantitative estimate of drug-likeness (QED) is 0.907. The molecule has 0 aliphatic rings. The molecule has 0 spiro atoms. The molecule has 5 nitrogen and oxygen atoms in total. The zero-order valence-corrected chi connectivity index (χ0v) is 12.2. The lowest BCUT2D eigenvalue weighted by atomic mass is 10.2. The largest absolute Gasteiger partial charge is 0.493 e. The number of benzene rings is 1. The SMILES string of the molecule is COc1ccc(CNc2nc(C)cnc2C)cc1OC. The van der Waals surface area contributed by atoms with Gasteiger partial charge >= 0.3 is 0 Å². The lowest BCUT2D eigenvalue weighted by Crippen LogP contribution is -2.05. The third-order valence-electron chi connectivity index (χ3n) is 2.98. The molecular formula is C15H19N3O2. The lowest BCUT2D eigenvalue weighted by Gasteiger charge is -2.11. The smallest absolute Gasteiger partial charge is 0.161 e. The van der Waals surface area contributed by atoms with Gasteiger partial charge in [-0.15, -0.1) is 0 Å². The Bertz CT molecular complexity index is 600. The molecule has 2 rings (SSSR count). The van der Waals surface area contributed by atoms with Crippen LogP contribution in [0.25, 0.3) is 0 Å². The minimum absolute atomic E-state index is 0.652. The first-order valence-electron chi connectivity index (χ1n) is 6.39. The predicted octanol–water partition coefficient (Wildman–Crippen LogP) is 2.72. The second kappa shape index (κ2) is 6.23. The normalized spacial score (nSPS) is 10.2. The topological polar surface area (TPSA) is 56.3 Å². The third kappa shape index (κ3) is 3.17. The van der Waals surface area contributed by atoms with Gasteiger partial charge in [-0.2, -0.15) is 0 Å². The van der Waals surface area contributed by atoms with Gasteiger partial charge in [0.25, 0.3) is 0 Å².